The Bertz CT molecular complexity index is 699. The molecule has 1 aliphatic rings. The van der Waals surface area contributed by atoms with E-state index in [1.807, 2.05) is 6.08 Å². The molecule has 1 aromatic carbocycles. The first-order chi connectivity index (χ1) is 12.1. The maximum absolute atomic E-state index is 4.60. The summed E-state index contributed by atoms with van der Waals surface area (Å²) in [5, 5.41) is 7.15. The molecule has 0 saturated heterocycles. The summed E-state index contributed by atoms with van der Waals surface area (Å²) in [7, 11) is 0. The molecule has 132 valence electrons. The summed E-state index contributed by atoms with van der Waals surface area (Å²) in [6.45, 7) is 12.7. The van der Waals surface area contributed by atoms with E-state index in [0.29, 0.717) is 0 Å². The van der Waals surface area contributed by atoms with Crippen molar-refractivity contribution in [3.05, 3.63) is 71.4 Å². The number of fused-ring (bicyclic) bond motifs is 1. The van der Waals surface area contributed by atoms with E-state index in [-0.39, 0.29) is 6.17 Å². The highest BCUT2D eigenvalue weighted by molar-refractivity contribution is 5.66. The summed E-state index contributed by atoms with van der Waals surface area (Å²) in [6.07, 6.45) is 16.3. The Morgan fingerprint density at radius 1 is 1.40 bits per heavy atom. The van der Waals surface area contributed by atoms with E-state index in [0.717, 1.165) is 13.0 Å². The molecule has 0 bridgehead atoms. The van der Waals surface area contributed by atoms with E-state index in [2.05, 4.69) is 92.8 Å². The molecule has 1 aliphatic heterocycles. The summed E-state index contributed by atoms with van der Waals surface area (Å²) in [6, 6.07) is 6.42. The molecule has 1 atom stereocenters. The van der Waals surface area contributed by atoms with Gasteiger partial charge in [0.25, 0.3) is 0 Å². The molecule has 1 aromatic rings. The molecule has 0 radical (unpaired) electrons. The maximum Gasteiger partial charge on any atom is 0.0993 e. The smallest absolute Gasteiger partial charge is 0.0993 e. The van der Waals surface area contributed by atoms with Crippen LogP contribution in [0.1, 0.15) is 45.2 Å². The van der Waals surface area contributed by atoms with E-state index >= 15 is 0 Å². The second-order valence-electron chi connectivity index (χ2n) is 5.83. The number of hydrogen-bond acceptors (Lipinski definition) is 2. The van der Waals surface area contributed by atoms with Gasteiger partial charge in [0.05, 0.1) is 6.17 Å². The molecule has 2 nitrogen and oxygen atoms in total. The normalized spacial score (nSPS) is 17.0. The van der Waals surface area contributed by atoms with Gasteiger partial charge >= 0.3 is 0 Å². The van der Waals surface area contributed by atoms with Crippen LogP contribution in [0.4, 0.5) is 5.69 Å². The highest BCUT2D eigenvalue weighted by Crippen LogP contribution is 2.26. The standard InChI is InChI=1S/C20H26N2.C3H4/c1-5-9-17-10-8-11-19-18(17)14-21-20(22-19)15(4)12-13-16(6-2)7-3;1-3-2/h5-6,8-13,20-22H,2,7,14H2,1,3-4H3;1H,2H3/b9-5-,15-12+,16-13+;. The van der Waals surface area contributed by atoms with Crippen LogP contribution in [0.5, 0.6) is 0 Å². The molecule has 2 rings (SSSR count). The SMILES string of the molecule is C#CC.C=C/C(=C\C=C(/C)C1NCc2c(/C=C\C)cccc2N1)CC. The van der Waals surface area contributed by atoms with Gasteiger partial charge < -0.3 is 5.32 Å². The number of benzene rings is 1. The molecule has 0 fully saturated rings. The molecule has 0 amide bonds. The number of anilines is 1. The van der Waals surface area contributed by atoms with Gasteiger partial charge in [0.1, 0.15) is 0 Å². The molecule has 0 aromatic heterocycles. The van der Waals surface area contributed by atoms with E-state index < -0.39 is 0 Å². The lowest BCUT2D eigenvalue weighted by Crippen LogP contribution is -2.41. The Morgan fingerprint density at radius 3 is 2.72 bits per heavy atom. The van der Waals surface area contributed by atoms with E-state index in [4.69, 9.17) is 0 Å². The number of nitrogens with one attached hydrogen (secondary N) is 2. The van der Waals surface area contributed by atoms with Crippen molar-refractivity contribution < 1.29 is 0 Å². The second kappa shape index (κ2) is 11.1. The largest absolute Gasteiger partial charge is 0.366 e. The monoisotopic (exact) mass is 334 g/mol. The lowest BCUT2D eigenvalue weighted by Gasteiger charge is -2.30. The topological polar surface area (TPSA) is 24.1 Å². The van der Waals surface area contributed by atoms with E-state index in [9.17, 15) is 0 Å². The molecular weight excluding hydrogens is 304 g/mol. The Hall–Kier alpha value is -2.50. The van der Waals surface area contributed by atoms with Gasteiger partial charge in [-0.2, -0.15) is 0 Å². The van der Waals surface area contributed by atoms with Crippen LogP contribution in [0.15, 0.2) is 60.2 Å². The molecule has 0 aliphatic carbocycles. The second-order valence-corrected chi connectivity index (χ2v) is 5.83. The quantitative estimate of drug-likeness (QED) is 0.535. The zero-order chi connectivity index (χ0) is 18.7. The molecule has 25 heavy (non-hydrogen) atoms. The van der Waals surface area contributed by atoms with E-state index in [1.54, 1.807) is 6.92 Å². The molecule has 2 heteroatoms. The summed E-state index contributed by atoms with van der Waals surface area (Å²) in [5.41, 5.74) is 6.36. The van der Waals surface area contributed by atoms with Crippen LogP contribution in [-0.2, 0) is 6.54 Å². The third kappa shape index (κ3) is 6.14. The highest BCUT2D eigenvalue weighted by atomic mass is 15.1. The zero-order valence-electron chi connectivity index (χ0n) is 15.9. The Morgan fingerprint density at radius 2 is 2.12 bits per heavy atom. The fraction of sp³-hybridized carbons (Fsp3) is 0.304. The van der Waals surface area contributed by atoms with Crippen molar-refractivity contribution in [2.45, 2.75) is 46.8 Å². The Balaban J connectivity index is 0.000000970. The minimum atomic E-state index is 0.174. The average Bonchev–Trinajstić information content (AvgIpc) is 2.63. The van der Waals surface area contributed by atoms with Gasteiger partial charge in [0, 0.05) is 12.2 Å². The number of terminal acetylenes is 1. The third-order valence-corrected chi connectivity index (χ3v) is 4.03. The van der Waals surface area contributed by atoms with Gasteiger partial charge in [-0.05, 0) is 55.5 Å². The summed E-state index contributed by atoms with van der Waals surface area (Å²) in [4.78, 5) is 0. The first kappa shape index (κ1) is 20.5. The van der Waals surface area contributed by atoms with Gasteiger partial charge in [-0.1, -0.05) is 56.0 Å². The fourth-order valence-electron chi connectivity index (χ4n) is 2.62. The predicted octanol–water partition coefficient (Wildman–Crippen LogP) is 5.67. The first-order valence-corrected chi connectivity index (χ1v) is 8.72. The van der Waals surface area contributed by atoms with Gasteiger partial charge in [0.2, 0.25) is 0 Å². The lowest BCUT2D eigenvalue weighted by molar-refractivity contribution is 0.597. The van der Waals surface area contributed by atoms with Crippen LogP contribution in [0.2, 0.25) is 0 Å². The van der Waals surface area contributed by atoms with Crippen molar-refractivity contribution in [1.29, 1.82) is 0 Å². The van der Waals surface area contributed by atoms with Crippen LogP contribution >= 0.6 is 0 Å². The number of hydrogen-bond donors (Lipinski definition) is 2. The third-order valence-electron chi connectivity index (χ3n) is 4.03. The fourth-order valence-corrected chi connectivity index (χ4v) is 2.62. The van der Waals surface area contributed by atoms with Gasteiger partial charge in [-0.3, -0.25) is 5.32 Å². The van der Waals surface area contributed by atoms with Crippen molar-refractivity contribution in [3.8, 4) is 12.3 Å². The summed E-state index contributed by atoms with van der Waals surface area (Å²) < 4.78 is 0. The van der Waals surface area contributed by atoms with Gasteiger partial charge in [0.15, 0.2) is 0 Å². The maximum atomic E-state index is 4.60. The predicted molar refractivity (Wildman–Crippen MR) is 112 cm³/mol. The Labute approximate surface area is 153 Å². The summed E-state index contributed by atoms with van der Waals surface area (Å²) in [5.74, 6) is 2.25. The minimum Gasteiger partial charge on any atom is -0.366 e. The zero-order valence-corrected chi connectivity index (χ0v) is 15.9. The number of allylic oxidation sites excluding steroid dienone is 5. The van der Waals surface area contributed by atoms with Crippen molar-refractivity contribution in [2.24, 2.45) is 0 Å². The number of rotatable bonds is 5. The highest BCUT2D eigenvalue weighted by Gasteiger charge is 2.19. The van der Waals surface area contributed by atoms with Crippen molar-refractivity contribution in [2.75, 3.05) is 5.32 Å². The van der Waals surface area contributed by atoms with Crippen LogP contribution < -0.4 is 10.6 Å². The molecule has 2 N–H and O–H groups in total. The average molecular weight is 335 g/mol. The molecule has 0 saturated carbocycles. The van der Waals surface area contributed by atoms with Gasteiger partial charge in [-0.15, -0.1) is 12.3 Å². The lowest BCUT2D eigenvalue weighted by atomic mass is 10.0. The van der Waals surface area contributed by atoms with Crippen LogP contribution in [-0.4, -0.2) is 6.17 Å². The molecular formula is C23H30N2. The van der Waals surface area contributed by atoms with Crippen molar-refractivity contribution in [1.82, 2.24) is 5.32 Å². The van der Waals surface area contributed by atoms with Crippen molar-refractivity contribution in [3.63, 3.8) is 0 Å². The summed E-state index contributed by atoms with van der Waals surface area (Å²) >= 11 is 0. The molecule has 1 unspecified atom stereocenters. The van der Waals surface area contributed by atoms with Crippen LogP contribution in [0.3, 0.4) is 0 Å². The van der Waals surface area contributed by atoms with Gasteiger partial charge in [-0.25, -0.2) is 0 Å². The molecule has 1 heterocycles. The van der Waals surface area contributed by atoms with Crippen molar-refractivity contribution >= 4 is 11.8 Å². The molecule has 0 spiro atoms. The van der Waals surface area contributed by atoms with Crippen LogP contribution in [0.25, 0.3) is 6.08 Å². The Kier molecular flexibility index (Phi) is 9.14. The van der Waals surface area contributed by atoms with E-state index in [1.165, 1.54) is 28.0 Å². The first-order valence-electron chi connectivity index (χ1n) is 8.72. The van der Waals surface area contributed by atoms with Crippen LogP contribution in [0, 0.1) is 12.3 Å². The minimum absolute atomic E-state index is 0.174.